The second-order valence-electron chi connectivity index (χ2n) is 5.98. The van der Waals surface area contributed by atoms with Gasteiger partial charge in [-0.2, -0.15) is 0 Å². The van der Waals surface area contributed by atoms with Crippen molar-refractivity contribution in [1.82, 2.24) is 4.98 Å². The summed E-state index contributed by atoms with van der Waals surface area (Å²) in [6.07, 6.45) is 10.3. The van der Waals surface area contributed by atoms with Gasteiger partial charge in [0.05, 0.1) is 0 Å². The number of carbonyl (C=O) groups is 1. The number of benzene rings is 1. The standard InChI is InChI=1S/C19H22N2O/c1-2-5-15-10-17(16-8-4-9-20-12-16)11-18(14-6-3-7-14)19(15)21-13-22/h4,8-14H,2-3,5-7H2,1H3,(H,21,22). The lowest BCUT2D eigenvalue weighted by Gasteiger charge is -2.29. The van der Waals surface area contributed by atoms with Crippen molar-refractivity contribution in [3.8, 4) is 11.1 Å². The molecule has 2 aromatic rings. The molecule has 0 spiro atoms. The van der Waals surface area contributed by atoms with Crippen LogP contribution in [-0.2, 0) is 11.2 Å². The summed E-state index contributed by atoms with van der Waals surface area (Å²) in [4.78, 5) is 15.3. The maximum absolute atomic E-state index is 11.0. The molecule has 1 N–H and O–H groups in total. The molecule has 3 rings (SSSR count). The van der Waals surface area contributed by atoms with E-state index in [0.717, 1.165) is 30.5 Å². The first-order chi connectivity index (χ1) is 10.8. The molecule has 1 saturated carbocycles. The van der Waals surface area contributed by atoms with Crippen LogP contribution < -0.4 is 5.32 Å². The number of anilines is 1. The van der Waals surface area contributed by atoms with Crippen LogP contribution in [0.4, 0.5) is 5.69 Å². The first-order valence-corrected chi connectivity index (χ1v) is 8.11. The average Bonchev–Trinajstić information content (AvgIpc) is 2.49. The zero-order valence-electron chi connectivity index (χ0n) is 13.0. The third-order valence-electron chi connectivity index (χ3n) is 4.51. The predicted octanol–water partition coefficient (Wildman–Crippen LogP) is 4.54. The Morgan fingerprint density at radius 3 is 2.77 bits per heavy atom. The van der Waals surface area contributed by atoms with Gasteiger partial charge in [0.1, 0.15) is 0 Å². The van der Waals surface area contributed by atoms with Gasteiger partial charge in [-0.05, 0) is 60.1 Å². The van der Waals surface area contributed by atoms with Crippen LogP contribution in [0.5, 0.6) is 0 Å². The number of nitrogens with one attached hydrogen (secondary N) is 1. The Kier molecular flexibility index (Phi) is 4.52. The number of hydrogen-bond acceptors (Lipinski definition) is 2. The molecule has 1 aliphatic rings. The van der Waals surface area contributed by atoms with Crippen molar-refractivity contribution in [1.29, 1.82) is 0 Å². The molecule has 1 aromatic heterocycles. The summed E-state index contributed by atoms with van der Waals surface area (Å²) in [5, 5.41) is 2.96. The number of carbonyl (C=O) groups excluding carboxylic acids is 1. The van der Waals surface area contributed by atoms with Crippen LogP contribution in [0.1, 0.15) is 49.7 Å². The molecule has 1 amide bonds. The van der Waals surface area contributed by atoms with Gasteiger partial charge >= 0.3 is 0 Å². The molecule has 3 nitrogen and oxygen atoms in total. The number of aromatic nitrogens is 1. The summed E-state index contributed by atoms with van der Waals surface area (Å²) >= 11 is 0. The van der Waals surface area contributed by atoms with Crippen LogP contribution >= 0.6 is 0 Å². The van der Waals surface area contributed by atoms with Gasteiger partial charge in [-0.25, -0.2) is 0 Å². The smallest absolute Gasteiger partial charge is 0.211 e. The summed E-state index contributed by atoms with van der Waals surface area (Å²) in [7, 11) is 0. The maximum atomic E-state index is 11.0. The molecule has 0 atom stereocenters. The third kappa shape index (κ3) is 2.89. The number of pyridine rings is 1. The average molecular weight is 294 g/mol. The van der Waals surface area contributed by atoms with E-state index in [1.54, 1.807) is 6.20 Å². The highest BCUT2D eigenvalue weighted by Crippen LogP contribution is 2.43. The van der Waals surface area contributed by atoms with Crippen molar-refractivity contribution in [2.75, 3.05) is 5.32 Å². The minimum Gasteiger partial charge on any atom is -0.328 e. The van der Waals surface area contributed by atoms with E-state index >= 15 is 0 Å². The van der Waals surface area contributed by atoms with Crippen molar-refractivity contribution in [2.45, 2.75) is 44.9 Å². The van der Waals surface area contributed by atoms with Crippen LogP contribution in [0.2, 0.25) is 0 Å². The summed E-state index contributed by atoms with van der Waals surface area (Å²) in [6, 6.07) is 8.51. The predicted molar refractivity (Wildman–Crippen MR) is 89.9 cm³/mol. The first kappa shape index (κ1) is 14.8. The number of nitrogens with zero attached hydrogens (tertiary/aromatic N) is 1. The van der Waals surface area contributed by atoms with Crippen LogP contribution in [0, 0.1) is 0 Å². The Labute approximate surface area is 131 Å². The fourth-order valence-electron chi connectivity index (χ4n) is 3.17. The Balaban J connectivity index is 2.11. The van der Waals surface area contributed by atoms with Crippen molar-refractivity contribution in [3.63, 3.8) is 0 Å². The molecule has 0 bridgehead atoms. The molecule has 0 saturated heterocycles. The highest BCUT2D eigenvalue weighted by molar-refractivity contribution is 5.80. The zero-order valence-corrected chi connectivity index (χ0v) is 13.0. The Morgan fingerprint density at radius 1 is 1.32 bits per heavy atom. The van der Waals surface area contributed by atoms with Gasteiger partial charge in [0.2, 0.25) is 6.41 Å². The Morgan fingerprint density at radius 2 is 2.18 bits per heavy atom. The highest BCUT2D eigenvalue weighted by atomic mass is 16.1. The van der Waals surface area contributed by atoms with Crippen molar-refractivity contribution in [3.05, 3.63) is 47.8 Å². The Bertz CT molecular complexity index is 648. The van der Waals surface area contributed by atoms with E-state index in [2.05, 4.69) is 35.4 Å². The van der Waals surface area contributed by atoms with E-state index in [9.17, 15) is 4.79 Å². The first-order valence-electron chi connectivity index (χ1n) is 8.11. The van der Waals surface area contributed by atoms with E-state index in [0.29, 0.717) is 5.92 Å². The molecule has 22 heavy (non-hydrogen) atoms. The molecule has 0 aliphatic heterocycles. The lowest BCUT2D eigenvalue weighted by molar-refractivity contribution is -0.105. The van der Waals surface area contributed by atoms with Crippen molar-refractivity contribution in [2.24, 2.45) is 0 Å². The molecular weight excluding hydrogens is 272 g/mol. The fraction of sp³-hybridized carbons (Fsp3) is 0.368. The minimum absolute atomic E-state index is 0.578. The number of amides is 1. The largest absolute Gasteiger partial charge is 0.328 e. The van der Waals surface area contributed by atoms with E-state index in [4.69, 9.17) is 0 Å². The normalized spacial score (nSPS) is 14.4. The van der Waals surface area contributed by atoms with Gasteiger partial charge < -0.3 is 5.32 Å². The van der Waals surface area contributed by atoms with Crippen molar-refractivity contribution >= 4 is 12.1 Å². The van der Waals surface area contributed by atoms with Gasteiger partial charge in [-0.3, -0.25) is 9.78 Å². The molecule has 1 aliphatic carbocycles. The molecule has 1 fully saturated rings. The summed E-state index contributed by atoms with van der Waals surface area (Å²) in [6.45, 7) is 2.17. The van der Waals surface area contributed by atoms with Gasteiger partial charge in [0.25, 0.3) is 0 Å². The molecule has 1 aromatic carbocycles. The second kappa shape index (κ2) is 6.73. The van der Waals surface area contributed by atoms with Gasteiger partial charge in [0.15, 0.2) is 0 Å². The highest BCUT2D eigenvalue weighted by Gasteiger charge is 2.24. The van der Waals surface area contributed by atoms with Gasteiger partial charge in [-0.15, -0.1) is 0 Å². The molecule has 0 radical (unpaired) electrons. The van der Waals surface area contributed by atoms with Crippen LogP contribution in [0.25, 0.3) is 11.1 Å². The van der Waals surface area contributed by atoms with Crippen LogP contribution in [0.15, 0.2) is 36.7 Å². The maximum Gasteiger partial charge on any atom is 0.211 e. The molecule has 1 heterocycles. The number of hydrogen-bond donors (Lipinski definition) is 1. The molecule has 114 valence electrons. The van der Waals surface area contributed by atoms with E-state index in [1.165, 1.54) is 36.0 Å². The topological polar surface area (TPSA) is 42.0 Å². The van der Waals surface area contributed by atoms with Crippen LogP contribution in [0.3, 0.4) is 0 Å². The quantitative estimate of drug-likeness (QED) is 0.795. The van der Waals surface area contributed by atoms with E-state index < -0.39 is 0 Å². The van der Waals surface area contributed by atoms with Gasteiger partial charge in [-0.1, -0.05) is 25.8 Å². The summed E-state index contributed by atoms with van der Waals surface area (Å²) in [5.74, 6) is 0.578. The SMILES string of the molecule is CCCc1cc(-c2cccnc2)cc(C2CCC2)c1NC=O. The lowest BCUT2D eigenvalue weighted by atomic mass is 9.77. The molecule has 0 unspecified atom stereocenters. The monoisotopic (exact) mass is 294 g/mol. The summed E-state index contributed by atoms with van der Waals surface area (Å²) in [5.41, 5.74) is 5.91. The van der Waals surface area contributed by atoms with Gasteiger partial charge in [0, 0.05) is 23.6 Å². The number of rotatable bonds is 6. The van der Waals surface area contributed by atoms with E-state index in [1.807, 2.05) is 12.3 Å². The lowest BCUT2D eigenvalue weighted by Crippen LogP contribution is -2.13. The molecule has 3 heteroatoms. The van der Waals surface area contributed by atoms with Crippen LogP contribution in [-0.4, -0.2) is 11.4 Å². The minimum atomic E-state index is 0.578. The van der Waals surface area contributed by atoms with E-state index in [-0.39, 0.29) is 0 Å². The Hall–Kier alpha value is -2.16. The fourth-order valence-corrected chi connectivity index (χ4v) is 3.17. The second-order valence-corrected chi connectivity index (χ2v) is 5.98. The third-order valence-corrected chi connectivity index (χ3v) is 4.51. The summed E-state index contributed by atoms with van der Waals surface area (Å²) < 4.78 is 0. The zero-order chi connectivity index (χ0) is 15.4. The number of aryl methyl sites for hydroxylation is 1. The van der Waals surface area contributed by atoms with Crippen molar-refractivity contribution < 1.29 is 4.79 Å². The molecular formula is C19H22N2O.